The number of nitrogens with zero attached hydrogens (tertiary/aromatic N) is 3. The molecule has 3 aliphatic rings. The van der Waals surface area contributed by atoms with E-state index in [4.69, 9.17) is 9.84 Å². The van der Waals surface area contributed by atoms with Crippen LogP contribution in [0.25, 0.3) is 0 Å². The summed E-state index contributed by atoms with van der Waals surface area (Å²) in [6.45, 7) is 3.61. The third kappa shape index (κ3) is 4.36. The van der Waals surface area contributed by atoms with Crippen LogP contribution in [-0.2, 0) is 4.74 Å². The highest BCUT2D eigenvalue weighted by molar-refractivity contribution is 5.39. The topological polar surface area (TPSA) is 79.6 Å². The molecule has 2 aliphatic heterocycles. The first-order valence-electron chi connectivity index (χ1n) is 10.6. The quantitative estimate of drug-likeness (QED) is 0.810. The fraction of sp³-hybridized carbons (Fsp3) is 0.800. The molecule has 3 fully saturated rings. The maximum atomic E-state index is 12.3. The molecule has 2 saturated heterocycles. The first-order valence-corrected chi connectivity index (χ1v) is 10.6. The van der Waals surface area contributed by atoms with E-state index in [1.54, 1.807) is 6.07 Å². The standard InChI is InChI=1S/C20H32N4O3/c25-18-6-3-5-17(18)24-20(26)8-7-19(22-24)23-11-2-1-4-16(23)14-21-15-9-12-27-13-10-15/h7-8,15-18,21,25H,1-6,9-14H2. The second kappa shape index (κ2) is 8.71. The lowest BCUT2D eigenvalue weighted by atomic mass is 10.0. The number of ether oxygens (including phenoxy) is 1. The van der Waals surface area contributed by atoms with E-state index in [0.29, 0.717) is 12.1 Å². The summed E-state index contributed by atoms with van der Waals surface area (Å²) in [6, 6.07) is 4.23. The predicted molar refractivity (Wildman–Crippen MR) is 104 cm³/mol. The Bertz CT molecular complexity index is 673. The first kappa shape index (κ1) is 18.9. The molecular weight excluding hydrogens is 344 g/mol. The molecule has 27 heavy (non-hydrogen) atoms. The van der Waals surface area contributed by atoms with Crippen LogP contribution in [0.2, 0.25) is 0 Å². The lowest BCUT2D eigenvalue weighted by molar-refractivity contribution is 0.0774. The lowest BCUT2D eigenvalue weighted by Crippen LogP contribution is -2.49. The van der Waals surface area contributed by atoms with Crippen LogP contribution in [0, 0.1) is 0 Å². The molecule has 7 heteroatoms. The van der Waals surface area contributed by atoms with Gasteiger partial charge < -0.3 is 20.1 Å². The summed E-state index contributed by atoms with van der Waals surface area (Å²) >= 11 is 0. The molecule has 0 aromatic carbocycles. The number of anilines is 1. The molecule has 0 spiro atoms. The summed E-state index contributed by atoms with van der Waals surface area (Å²) in [4.78, 5) is 14.7. The van der Waals surface area contributed by atoms with E-state index in [1.807, 2.05) is 6.07 Å². The van der Waals surface area contributed by atoms with Gasteiger partial charge in [0.05, 0.1) is 12.1 Å². The van der Waals surface area contributed by atoms with Crippen molar-refractivity contribution in [1.29, 1.82) is 0 Å². The molecule has 2 N–H and O–H groups in total. The van der Waals surface area contributed by atoms with E-state index >= 15 is 0 Å². The number of rotatable bonds is 5. The van der Waals surface area contributed by atoms with E-state index in [1.165, 1.54) is 11.1 Å². The number of hydrogen-bond donors (Lipinski definition) is 2. The normalized spacial score (nSPS) is 30.0. The van der Waals surface area contributed by atoms with Gasteiger partial charge in [0.25, 0.3) is 5.56 Å². The molecule has 3 unspecified atom stereocenters. The highest BCUT2D eigenvalue weighted by atomic mass is 16.5. The van der Waals surface area contributed by atoms with E-state index in [9.17, 15) is 9.90 Å². The van der Waals surface area contributed by atoms with Crippen LogP contribution in [0.5, 0.6) is 0 Å². The maximum absolute atomic E-state index is 12.3. The Morgan fingerprint density at radius 2 is 1.96 bits per heavy atom. The van der Waals surface area contributed by atoms with Crippen molar-refractivity contribution in [2.24, 2.45) is 0 Å². The third-order valence-electron chi connectivity index (χ3n) is 6.35. The molecule has 0 amide bonds. The fourth-order valence-corrected chi connectivity index (χ4v) is 4.73. The Hall–Kier alpha value is -1.44. The Labute approximate surface area is 160 Å². The van der Waals surface area contributed by atoms with Gasteiger partial charge in [-0.1, -0.05) is 0 Å². The zero-order chi connectivity index (χ0) is 18.6. The van der Waals surface area contributed by atoms with Gasteiger partial charge in [-0.05, 0) is 57.4 Å². The van der Waals surface area contributed by atoms with Crippen molar-refractivity contribution >= 4 is 5.82 Å². The third-order valence-corrected chi connectivity index (χ3v) is 6.35. The van der Waals surface area contributed by atoms with Gasteiger partial charge in [-0.25, -0.2) is 4.68 Å². The number of aliphatic hydroxyl groups excluding tert-OH is 1. The molecular formula is C20H32N4O3. The summed E-state index contributed by atoms with van der Waals surface area (Å²) in [5.74, 6) is 0.868. The molecule has 0 bridgehead atoms. The molecule has 7 nitrogen and oxygen atoms in total. The zero-order valence-electron chi connectivity index (χ0n) is 16.1. The van der Waals surface area contributed by atoms with Gasteiger partial charge >= 0.3 is 0 Å². The van der Waals surface area contributed by atoms with Gasteiger partial charge in [0.15, 0.2) is 0 Å². The number of hydrogen-bond acceptors (Lipinski definition) is 6. The number of aliphatic hydroxyl groups is 1. The molecule has 1 saturated carbocycles. The minimum atomic E-state index is -0.460. The number of aromatic nitrogens is 2. The molecule has 4 rings (SSSR count). The average molecular weight is 377 g/mol. The molecule has 150 valence electrons. The van der Waals surface area contributed by atoms with Crippen LogP contribution in [-0.4, -0.2) is 59.4 Å². The van der Waals surface area contributed by atoms with E-state index < -0.39 is 6.10 Å². The minimum absolute atomic E-state index is 0.112. The first-order chi connectivity index (χ1) is 13.2. The molecule has 1 aliphatic carbocycles. The van der Waals surface area contributed by atoms with Crippen LogP contribution >= 0.6 is 0 Å². The van der Waals surface area contributed by atoms with Crippen molar-refractivity contribution < 1.29 is 9.84 Å². The Morgan fingerprint density at radius 1 is 1.11 bits per heavy atom. The van der Waals surface area contributed by atoms with Gasteiger partial charge in [-0.15, -0.1) is 0 Å². The molecule has 0 radical (unpaired) electrons. The van der Waals surface area contributed by atoms with Crippen molar-refractivity contribution in [3.05, 3.63) is 22.5 Å². The molecule has 3 atom stereocenters. The summed E-state index contributed by atoms with van der Waals surface area (Å²) in [5, 5.41) is 18.6. The van der Waals surface area contributed by atoms with Crippen LogP contribution in [0.4, 0.5) is 5.82 Å². The van der Waals surface area contributed by atoms with Gasteiger partial charge in [-0.3, -0.25) is 4.79 Å². The van der Waals surface area contributed by atoms with E-state index in [0.717, 1.165) is 77.1 Å². The minimum Gasteiger partial charge on any atom is -0.391 e. The van der Waals surface area contributed by atoms with Crippen molar-refractivity contribution in [2.75, 3.05) is 31.2 Å². The highest BCUT2D eigenvalue weighted by Gasteiger charge is 2.30. The summed E-state index contributed by atoms with van der Waals surface area (Å²) in [6.07, 6.45) is 7.76. The largest absolute Gasteiger partial charge is 0.391 e. The van der Waals surface area contributed by atoms with Crippen molar-refractivity contribution in [3.63, 3.8) is 0 Å². The highest BCUT2D eigenvalue weighted by Crippen LogP contribution is 2.29. The smallest absolute Gasteiger partial charge is 0.267 e. The van der Waals surface area contributed by atoms with Gasteiger partial charge in [0.1, 0.15) is 5.82 Å². The summed E-state index contributed by atoms with van der Waals surface area (Å²) < 4.78 is 6.98. The predicted octanol–water partition coefficient (Wildman–Crippen LogP) is 1.46. The van der Waals surface area contributed by atoms with E-state index in [2.05, 4.69) is 10.2 Å². The summed E-state index contributed by atoms with van der Waals surface area (Å²) in [7, 11) is 0. The Balaban J connectivity index is 1.48. The molecule has 1 aromatic heterocycles. The second-order valence-corrected chi connectivity index (χ2v) is 8.18. The zero-order valence-corrected chi connectivity index (χ0v) is 16.1. The monoisotopic (exact) mass is 376 g/mol. The van der Waals surface area contributed by atoms with Crippen LogP contribution in [0.15, 0.2) is 16.9 Å². The average Bonchev–Trinajstić information content (AvgIpc) is 3.13. The molecule has 1 aromatic rings. The number of nitrogens with one attached hydrogen (secondary N) is 1. The number of piperidine rings is 1. The lowest BCUT2D eigenvalue weighted by Gasteiger charge is -2.38. The van der Waals surface area contributed by atoms with Crippen molar-refractivity contribution in [1.82, 2.24) is 15.1 Å². The van der Waals surface area contributed by atoms with E-state index in [-0.39, 0.29) is 11.6 Å². The van der Waals surface area contributed by atoms with Gasteiger partial charge in [0.2, 0.25) is 0 Å². The SMILES string of the molecule is O=c1ccc(N2CCCCC2CNC2CCOCC2)nn1C1CCCC1O. The second-order valence-electron chi connectivity index (χ2n) is 8.18. The van der Waals surface area contributed by atoms with Crippen molar-refractivity contribution in [2.45, 2.75) is 75.6 Å². The van der Waals surface area contributed by atoms with Crippen molar-refractivity contribution in [3.8, 4) is 0 Å². The van der Waals surface area contributed by atoms with Gasteiger partial charge in [0, 0.05) is 44.5 Å². The van der Waals surface area contributed by atoms with Crippen LogP contribution in [0.3, 0.4) is 0 Å². The molecule has 3 heterocycles. The van der Waals surface area contributed by atoms with Crippen LogP contribution < -0.4 is 15.8 Å². The van der Waals surface area contributed by atoms with Gasteiger partial charge in [-0.2, -0.15) is 5.10 Å². The summed E-state index contributed by atoms with van der Waals surface area (Å²) in [5.41, 5.74) is -0.112. The fourth-order valence-electron chi connectivity index (χ4n) is 4.73. The Morgan fingerprint density at radius 3 is 2.74 bits per heavy atom. The van der Waals surface area contributed by atoms with Crippen LogP contribution in [0.1, 0.15) is 57.4 Å². The Kier molecular flexibility index (Phi) is 6.10. The maximum Gasteiger partial charge on any atom is 0.267 e.